The van der Waals surface area contributed by atoms with Gasteiger partial charge >= 0.3 is 0 Å². The lowest BCUT2D eigenvalue weighted by Crippen LogP contribution is -2.17. The number of benzene rings is 3. The van der Waals surface area contributed by atoms with Crippen molar-refractivity contribution in [1.82, 2.24) is 0 Å². The van der Waals surface area contributed by atoms with Crippen LogP contribution in [0.1, 0.15) is 5.56 Å². The van der Waals surface area contributed by atoms with Gasteiger partial charge in [0.1, 0.15) is 5.84 Å². The molecule has 4 heteroatoms. The zero-order valence-electron chi connectivity index (χ0n) is 10.9. The number of hydrogen-bond donors (Lipinski definition) is 1. The van der Waals surface area contributed by atoms with Gasteiger partial charge in [-0.05, 0) is 29.7 Å². The maximum absolute atomic E-state index is 6.29. The highest BCUT2D eigenvalue weighted by Gasteiger charge is 2.19. The van der Waals surface area contributed by atoms with Gasteiger partial charge in [-0.15, -0.1) is 0 Å². The summed E-state index contributed by atoms with van der Waals surface area (Å²) in [6.07, 6.45) is 0. The number of anilines is 1. The van der Waals surface area contributed by atoms with Crippen molar-refractivity contribution >= 4 is 51.2 Å². The van der Waals surface area contributed by atoms with E-state index in [1.165, 1.54) is 0 Å². The third kappa shape index (κ3) is 1.99. The van der Waals surface area contributed by atoms with Crippen molar-refractivity contribution in [2.45, 2.75) is 0 Å². The molecule has 3 aromatic carbocycles. The number of aliphatic imine (C=N–C) groups is 1. The molecule has 0 bridgehead atoms. The van der Waals surface area contributed by atoms with Gasteiger partial charge in [0.2, 0.25) is 0 Å². The molecular formula is C17H10Cl2N2. The summed E-state index contributed by atoms with van der Waals surface area (Å²) in [7, 11) is 0. The van der Waals surface area contributed by atoms with Crippen LogP contribution in [0.15, 0.2) is 59.6 Å². The smallest absolute Gasteiger partial charge is 0.141 e. The molecule has 1 aliphatic heterocycles. The summed E-state index contributed by atoms with van der Waals surface area (Å²) >= 11 is 12.6. The number of hydrogen-bond acceptors (Lipinski definition) is 2. The molecular weight excluding hydrogens is 303 g/mol. The first-order valence-electron chi connectivity index (χ1n) is 6.56. The van der Waals surface area contributed by atoms with Crippen LogP contribution in [-0.2, 0) is 0 Å². The fourth-order valence-corrected chi connectivity index (χ4v) is 3.21. The highest BCUT2D eigenvalue weighted by molar-refractivity contribution is 6.41. The third-order valence-corrected chi connectivity index (χ3v) is 4.20. The summed E-state index contributed by atoms with van der Waals surface area (Å²) in [6, 6.07) is 17.7. The Morgan fingerprint density at radius 2 is 1.48 bits per heavy atom. The van der Waals surface area contributed by atoms with Crippen molar-refractivity contribution in [2.75, 3.05) is 5.32 Å². The van der Waals surface area contributed by atoms with E-state index in [1.54, 1.807) is 0 Å². The van der Waals surface area contributed by atoms with Gasteiger partial charge in [-0.2, -0.15) is 0 Å². The van der Waals surface area contributed by atoms with Gasteiger partial charge in [-0.25, -0.2) is 4.99 Å². The van der Waals surface area contributed by atoms with Crippen LogP contribution < -0.4 is 5.32 Å². The number of rotatable bonds is 1. The van der Waals surface area contributed by atoms with Crippen LogP contribution in [0.3, 0.4) is 0 Å². The van der Waals surface area contributed by atoms with E-state index < -0.39 is 0 Å². The molecule has 1 heterocycles. The van der Waals surface area contributed by atoms with Crippen LogP contribution in [0.25, 0.3) is 10.8 Å². The van der Waals surface area contributed by atoms with Crippen LogP contribution >= 0.6 is 23.2 Å². The molecule has 3 aromatic rings. The first-order chi connectivity index (χ1) is 10.2. The minimum Gasteiger partial charge on any atom is -0.339 e. The highest BCUT2D eigenvalue weighted by atomic mass is 35.5. The average Bonchev–Trinajstić information content (AvgIpc) is 2.47. The Labute approximate surface area is 132 Å². The van der Waals surface area contributed by atoms with E-state index in [0.717, 1.165) is 27.7 Å². The molecule has 0 amide bonds. The van der Waals surface area contributed by atoms with E-state index in [2.05, 4.69) is 17.4 Å². The van der Waals surface area contributed by atoms with Crippen LogP contribution in [0.2, 0.25) is 10.0 Å². The lowest BCUT2D eigenvalue weighted by molar-refractivity contribution is 1.46. The van der Waals surface area contributed by atoms with Gasteiger partial charge in [-0.3, -0.25) is 0 Å². The maximum atomic E-state index is 6.29. The van der Waals surface area contributed by atoms with Crippen molar-refractivity contribution in [1.29, 1.82) is 0 Å². The maximum Gasteiger partial charge on any atom is 0.141 e. The van der Waals surface area contributed by atoms with E-state index in [1.807, 2.05) is 42.5 Å². The number of halogens is 2. The first-order valence-corrected chi connectivity index (χ1v) is 7.31. The second-order valence-corrected chi connectivity index (χ2v) is 5.68. The lowest BCUT2D eigenvalue weighted by atomic mass is 10.0. The SMILES string of the molecule is Clc1cccc(Cl)c1C1=Nc2cccc3cccc(c23)N1. The Bertz CT molecular complexity index is 875. The van der Waals surface area contributed by atoms with Crippen LogP contribution in [-0.4, -0.2) is 5.84 Å². The Morgan fingerprint density at radius 1 is 0.810 bits per heavy atom. The molecule has 0 radical (unpaired) electrons. The fraction of sp³-hybridized carbons (Fsp3) is 0. The van der Waals surface area contributed by atoms with Crippen molar-refractivity contribution < 1.29 is 0 Å². The summed E-state index contributed by atoms with van der Waals surface area (Å²) in [5.41, 5.74) is 2.67. The molecule has 1 N–H and O–H groups in total. The van der Waals surface area contributed by atoms with Crippen molar-refractivity contribution in [3.8, 4) is 0 Å². The molecule has 102 valence electrons. The van der Waals surface area contributed by atoms with Gasteiger partial charge in [-0.1, -0.05) is 53.5 Å². The Hall–Kier alpha value is -2.03. The van der Waals surface area contributed by atoms with E-state index >= 15 is 0 Å². The van der Waals surface area contributed by atoms with E-state index in [4.69, 9.17) is 28.2 Å². The molecule has 1 aliphatic rings. The zero-order chi connectivity index (χ0) is 14.4. The third-order valence-electron chi connectivity index (χ3n) is 3.57. The Kier molecular flexibility index (Phi) is 2.88. The van der Waals surface area contributed by atoms with Crippen LogP contribution in [0.4, 0.5) is 11.4 Å². The van der Waals surface area contributed by atoms with Gasteiger partial charge in [0.25, 0.3) is 0 Å². The van der Waals surface area contributed by atoms with E-state index in [0.29, 0.717) is 15.9 Å². The molecule has 0 saturated carbocycles. The van der Waals surface area contributed by atoms with E-state index in [9.17, 15) is 0 Å². The topological polar surface area (TPSA) is 24.4 Å². The quantitative estimate of drug-likeness (QED) is 0.617. The lowest BCUT2D eigenvalue weighted by Gasteiger charge is -2.20. The van der Waals surface area contributed by atoms with Gasteiger partial charge in [0.15, 0.2) is 0 Å². The minimum absolute atomic E-state index is 0.584. The van der Waals surface area contributed by atoms with E-state index in [-0.39, 0.29) is 0 Å². The second kappa shape index (κ2) is 4.76. The van der Waals surface area contributed by atoms with Gasteiger partial charge in [0, 0.05) is 11.1 Å². The molecule has 2 nitrogen and oxygen atoms in total. The Morgan fingerprint density at radius 3 is 2.24 bits per heavy atom. The molecule has 4 rings (SSSR count). The summed E-state index contributed by atoms with van der Waals surface area (Å²) < 4.78 is 0. The average molecular weight is 313 g/mol. The standard InChI is InChI=1S/C17H10Cl2N2/c18-11-6-3-7-12(19)16(11)17-20-13-8-1-4-10-5-2-9-14(21-17)15(10)13/h1-9H,(H,20,21). The fourth-order valence-electron chi connectivity index (χ4n) is 2.64. The van der Waals surface area contributed by atoms with Crippen LogP contribution in [0.5, 0.6) is 0 Å². The first kappa shape index (κ1) is 12.7. The van der Waals surface area contributed by atoms with Crippen molar-refractivity contribution in [3.63, 3.8) is 0 Å². The molecule has 21 heavy (non-hydrogen) atoms. The summed E-state index contributed by atoms with van der Waals surface area (Å²) in [5.74, 6) is 0.678. The summed E-state index contributed by atoms with van der Waals surface area (Å²) in [5, 5.41) is 6.78. The predicted octanol–water partition coefficient (Wildman–Crippen LogP) is 5.65. The highest BCUT2D eigenvalue weighted by Crippen LogP contribution is 2.38. The molecule has 0 unspecified atom stereocenters. The van der Waals surface area contributed by atoms with Gasteiger partial charge in [0.05, 0.1) is 21.3 Å². The molecule has 0 aliphatic carbocycles. The normalized spacial score (nSPS) is 13.0. The second-order valence-electron chi connectivity index (χ2n) is 4.86. The number of nitrogens with zero attached hydrogens (tertiary/aromatic N) is 1. The van der Waals surface area contributed by atoms with Gasteiger partial charge < -0.3 is 5.32 Å². The zero-order valence-corrected chi connectivity index (χ0v) is 12.4. The molecule has 0 saturated heterocycles. The molecule has 0 fully saturated rings. The van der Waals surface area contributed by atoms with Crippen molar-refractivity contribution in [2.24, 2.45) is 4.99 Å². The van der Waals surface area contributed by atoms with Crippen LogP contribution in [0, 0.1) is 0 Å². The predicted molar refractivity (Wildman–Crippen MR) is 90.2 cm³/mol. The summed E-state index contributed by atoms with van der Waals surface area (Å²) in [6.45, 7) is 0. The number of nitrogens with one attached hydrogen (secondary N) is 1. The number of amidine groups is 1. The molecule has 0 aromatic heterocycles. The van der Waals surface area contributed by atoms with Crippen molar-refractivity contribution in [3.05, 3.63) is 70.2 Å². The minimum atomic E-state index is 0.584. The Balaban J connectivity index is 1.99. The molecule has 0 atom stereocenters. The summed E-state index contributed by atoms with van der Waals surface area (Å²) in [4.78, 5) is 4.69. The monoisotopic (exact) mass is 312 g/mol. The largest absolute Gasteiger partial charge is 0.339 e. The molecule has 0 spiro atoms.